The Morgan fingerprint density at radius 2 is 1.93 bits per heavy atom. The molecule has 1 rings (SSSR count). The number of halogens is 2. The van der Waals surface area contributed by atoms with Crippen LogP contribution in [-0.2, 0) is 3.79 Å². The zero-order chi connectivity index (χ0) is 10.7. The molecule has 0 heterocycles. The van der Waals surface area contributed by atoms with Crippen molar-refractivity contribution < 1.29 is 3.79 Å². The van der Waals surface area contributed by atoms with Crippen molar-refractivity contribution in [3.05, 3.63) is 0 Å². The molecule has 1 nitrogen and oxygen atoms in total. The van der Waals surface area contributed by atoms with Crippen LogP contribution in [0.25, 0.3) is 0 Å². The monoisotopic (exact) mass is 252 g/mol. The van der Waals surface area contributed by atoms with E-state index in [0.29, 0.717) is 17.9 Å². The van der Waals surface area contributed by atoms with Gasteiger partial charge in [-0.25, -0.2) is 0 Å². The Balaban J connectivity index is 2.54. The van der Waals surface area contributed by atoms with E-state index in [-0.39, 0.29) is 0 Å². The maximum absolute atomic E-state index is 5.81. The Hall–Kier alpha value is 1.07. The lowest BCUT2D eigenvalue weighted by Gasteiger charge is -2.38. The van der Waals surface area contributed by atoms with Gasteiger partial charge in [0.2, 0.25) is 0 Å². The standard InChI is InChI=1S/C10H19O.Al.2ClH/c1-7(2)9-5-4-8(3)6-10(9)11;;;/h7-10H,4-6H2,1-3H3;;2*1H/q-1;+3;;/p-2/t8-,9+,10+;;;/m1.../s1. The molecule has 0 N–H and O–H groups in total. The van der Waals surface area contributed by atoms with E-state index >= 15 is 0 Å². The first-order valence-corrected chi connectivity index (χ1v) is 9.40. The van der Waals surface area contributed by atoms with Crippen molar-refractivity contribution in [1.29, 1.82) is 0 Å². The summed E-state index contributed by atoms with van der Waals surface area (Å²) in [4.78, 5) is 0. The van der Waals surface area contributed by atoms with Crippen LogP contribution in [0, 0.1) is 17.8 Å². The lowest BCUT2D eigenvalue weighted by Crippen LogP contribution is -2.36. The van der Waals surface area contributed by atoms with E-state index in [1.165, 1.54) is 12.8 Å². The van der Waals surface area contributed by atoms with E-state index in [0.717, 1.165) is 12.3 Å². The first-order chi connectivity index (χ1) is 6.50. The fraction of sp³-hybridized carbons (Fsp3) is 1.00. The van der Waals surface area contributed by atoms with Crippen molar-refractivity contribution >= 4 is 32.7 Å². The van der Waals surface area contributed by atoms with Crippen LogP contribution in [0.15, 0.2) is 0 Å². The highest BCUT2D eigenvalue weighted by Gasteiger charge is 2.33. The van der Waals surface area contributed by atoms with Gasteiger partial charge in [-0.3, -0.25) is 0 Å². The van der Waals surface area contributed by atoms with Crippen LogP contribution in [-0.4, -0.2) is 18.7 Å². The summed E-state index contributed by atoms with van der Waals surface area (Å²) in [6.45, 7) is 6.80. The van der Waals surface area contributed by atoms with Crippen LogP contribution in [0.1, 0.15) is 40.0 Å². The first kappa shape index (κ1) is 13.1. The van der Waals surface area contributed by atoms with Crippen molar-refractivity contribution in [3.63, 3.8) is 0 Å². The lowest BCUT2D eigenvalue weighted by atomic mass is 9.75. The second-order valence-electron chi connectivity index (χ2n) is 4.76. The van der Waals surface area contributed by atoms with Crippen molar-refractivity contribution in [2.45, 2.75) is 46.1 Å². The summed E-state index contributed by atoms with van der Waals surface area (Å²) in [5.74, 6) is 2.09. The van der Waals surface area contributed by atoms with Gasteiger partial charge in [0, 0.05) is 6.10 Å². The van der Waals surface area contributed by atoms with E-state index in [1.54, 1.807) is 0 Å². The smallest absolute Gasteiger partial charge is 0.474 e. The fourth-order valence-electron chi connectivity index (χ4n) is 2.40. The van der Waals surface area contributed by atoms with Crippen molar-refractivity contribution in [1.82, 2.24) is 0 Å². The summed E-state index contributed by atoms with van der Waals surface area (Å²) in [5, 5.41) is 0. The molecule has 0 aromatic rings. The highest BCUT2D eigenvalue weighted by Crippen LogP contribution is 2.35. The van der Waals surface area contributed by atoms with Gasteiger partial charge in [-0.1, -0.05) is 27.2 Å². The van der Waals surface area contributed by atoms with Crippen LogP contribution >= 0.6 is 20.1 Å². The molecule has 82 valence electrons. The first-order valence-electron chi connectivity index (χ1n) is 5.44. The molecule has 0 radical (unpaired) electrons. The molecule has 0 bridgehead atoms. The molecule has 1 aliphatic carbocycles. The maximum Gasteiger partial charge on any atom is 0.725 e. The highest BCUT2D eigenvalue weighted by atomic mass is 35.7. The molecule has 1 saturated carbocycles. The molecule has 14 heavy (non-hydrogen) atoms. The summed E-state index contributed by atoms with van der Waals surface area (Å²) < 4.78 is 5.71. The predicted octanol–water partition coefficient (Wildman–Crippen LogP) is 3.93. The number of hydrogen-bond acceptors (Lipinski definition) is 1. The number of hydrogen-bond donors (Lipinski definition) is 0. The second kappa shape index (κ2) is 5.97. The van der Waals surface area contributed by atoms with E-state index in [1.807, 2.05) is 0 Å². The van der Waals surface area contributed by atoms with Gasteiger partial charge < -0.3 is 3.79 Å². The van der Waals surface area contributed by atoms with Crippen LogP contribution in [0.5, 0.6) is 0 Å². The van der Waals surface area contributed by atoms with Gasteiger partial charge in [-0.15, -0.1) is 0 Å². The molecule has 3 atom stereocenters. The molecular weight excluding hydrogens is 234 g/mol. The summed E-state index contributed by atoms with van der Waals surface area (Å²) in [6.07, 6.45) is 4.02. The molecule has 0 aliphatic heterocycles. The Labute approximate surface area is 100 Å². The summed E-state index contributed by atoms with van der Waals surface area (Å²) >= 11 is -1.91. The van der Waals surface area contributed by atoms with Gasteiger partial charge in [-0.2, -0.15) is 20.1 Å². The normalized spacial score (nSPS) is 33.4. The zero-order valence-electron chi connectivity index (χ0n) is 9.17. The molecule has 0 spiro atoms. The Kier molecular flexibility index (Phi) is 5.60. The molecule has 1 aliphatic rings. The topological polar surface area (TPSA) is 9.23 Å². The third kappa shape index (κ3) is 3.91. The largest absolute Gasteiger partial charge is 0.725 e. The molecule has 0 saturated heterocycles. The summed E-state index contributed by atoms with van der Waals surface area (Å²) in [7, 11) is 11.6. The SMILES string of the molecule is CC(C)[C@@H]1CC[C@@H](C)C[C@@H]1[O][Al]([Cl])[Cl]. The van der Waals surface area contributed by atoms with Crippen LogP contribution in [0.4, 0.5) is 0 Å². The molecule has 4 heteroatoms. The third-order valence-corrected chi connectivity index (χ3v) is 4.41. The van der Waals surface area contributed by atoms with E-state index in [4.69, 9.17) is 23.9 Å². The molecule has 0 aromatic heterocycles. The van der Waals surface area contributed by atoms with Crippen molar-refractivity contribution in [2.75, 3.05) is 0 Å². The van der Waals surface area contributed by atoms with Crippen LogP contribution in [0.3, 0.4) is 0 Å². The van der Waals surface area contributed by atoms with Gasteiger partial charge in [0.05, 0.1) is 0 Å². The highest BCUT2D eigenvalue weighted by molar-refractivity contribution is 7.30. The summed E-state index contributed by atoms with van der Waals surface area (Å²) in [6, 6.07) is 0. The van der Waals surface area contributed by atoms with Gasteiger partial charge in [-0.05, 0) is 30.6 Å². The molecular formula is C10H19AlCl2O. The fourth-order valence-corrected chi connectivity index (χ4v) is 3.77. The second-order valence-corrected chi connectivity index (χ2v) is 8.60. The van der Waals surface area contributed by atoms with Gasteiger partial charge in [0.25, 0.3) is 0 Å². The predicted molar refractivity (Wildman–Crippen MR) is 63.7 cm³/mol. The minimum atomic E-state index is -1.91. The summed E-state index contributed by atoms with van der Waals surface area (Å²) in [5.41, 5.74) is 0. The van der Waals surface area contributed by atoms with E-state index in [2.05, 4.69) is 20.8 Å². The minimum Gasteiger partial charge on any atom is -0.474 e. The maximum atomic E-state index is 5.81. The number of rotatable bonds is 3. The third-order valence-electron chi connectivity index (χ3n) is 3.24. The zero-order valence-corrected chi connectivity index (χ0v) is 11.8. The van der Waals surface area contributed by atoms with Crippen LogP contribution < -0.4 is 0 Å². The van der Waals surface area contributed by atoms with E-state index < -0.39 is 12.6 Å². The average molecular weight is 253 g/mol. The van der Waals surface area contributed by atoms with Crippen molar-refractivity contribution in [3.8, 4) is 0 Å². The lowest BCUT2D eigenvalue weighted by molar-refractivity contribution is 0.0497. The average Bonchev–Trinajstić information content (AvgIpc) is 2.01. The molecule has 0 aromatic carbocycles. The Morgan fingerprint density at radius 1 is 1.29 bits per heavy atom. The Morgan fingerprint density at radius 3 is 2.43 bits per heavy atom. The molecule has 0 amide bonds. The van der Waals surface area contributed by atoms with Crippen LogP contribution in [0.2, 0.25) is 0 Å². The van der Waals surface area contributed by atoms with Crippen molar-refractivity contribution in [2.24, 2.45) is 17.8 Å². The Bertz CT molecular complexity index is 174. The van der Waals surface area contributed by atoms with Gasteiger partial charge >= 0.3 is 12.6 Å². The van der Waals surface area contributed by atoms with Gasteiger partial charge in [0.1, 0.15) is 0 Å². The quantitative estimate of drug-likeness (QED) is 0.692. The van der Waals surface area contributed by atoms with E-state index in [9.17, 15) is 0 Å². The minimum absolute atomic E-state index is 0.311. The molecule has 1 fully saturated rings. The molecule has 0 unspecified atom stereocenters. The van der Waals surface area contributed by atoms with Gasteiger partial charge in [0.15, 0.2) is 0 Å².